The molecule has 0 fully saturated rings. The fourth-order valence-corrected chi connectivity index (χ4v) is 1.72. The van der Waals surface area contributed by atoms with Crippen molar-refractivity contribution in [3.63, 3.8) is 0 Å². The van der Waals surface area contributed by atoms with E-state index in [1.54, 1.807) is 12.1 Å². The smallest absolute Gasteiger partial charge is 0.356 e. The number of carbonyl (C=O) groups is 1. The Bertz CT molecular complexity index is 490. The lowest BCUT2D eigenvalue weighted by Gasteiger charge is -2.03. The Balaban J connectivity index is 3.26. The lowest BCUT2D eigenvalue weighted by atomic mass is 10.4. The molecule has 15 heavy (non-hydrogen) atoms. The van der Waals surface area contributed by atoms with Crippen LogP contribution in [0, 0.1) is 0 Å². The second-order valence-electron chi connectivity index (χ2n) is 2.84. The Morgan fingerprint density at radius 2 is 2.20 bits per heavy atom. The second kappa shape index (κ2) is 4.39. The van der Waals surface area contributed by atoms with Crippen LogP contribution in [0.15, 0.2) is 27.6 Å². The maximum absolute atomic E-state index is 11.8. The van der Waals surface area contributed by atoms with Gasteiger partial charge >= 0.3 is 5.97 Å². The standard InChI is InChI=1S/C9H12N2O3S/c1-10-15(3,13)8-6-4-5-7(11-8)9(12)14-2/h4-6H,1-3H3. The minimum atomic E-state index is -2.51. The largest absolute Gasteiger partial charge is 0.464 e. The zero-order valence-electron chi connectivity index (χ0n) is 8.76. The summed E-state index contributed by atoms with van der Waals surface area (Å²) in [6.07, 6.45) is 1.47. The molecule has 0 bridgehead atoms. The lowest BCUT2D eigenvalue weighted by molar-refractivity contribution is 0.0593. The minimum absolute atomic E-state index is 0.133. The van der Waals surface area contributed by atoms with Gasteiger partial charge in [0.15, 0.2) is 0 Å². The van der Waals surface area contributed by atoms with E-state index in [-0.39, 0.29) is 10.7 Å². The van der Waals surface area contributed by atoms with Crippen LogP contribution in [0.5, 0.6) is 0 Å². The maximum Gasteiger partial charge on any atom is 0.356 e. The van der Waals surface area contributed by atoms with Gasteiger partial charge in [0.1, 0.15) is 10.7 Å². The number of ether oxygens (including phenoxy) is 1. The van der Waals surface area contributed by atoms with E-state index in [9.17, 15) is 9.00 Å². The van der Waals surface area contributed by atoms with Gasteiger partial charge in [-0.2, -0.15) is 0 Å². The van der Waals surface area contributed by atoms with Crippen LogP contribution in [0.1, 0.15) is 10.5 Å². The van der Waals surface area contributed by atoms with Gasteiger partial charge < -0.3 is 4.74 Å². The van der Waals surface area contributed by atoms with Gasteiger partial charge in [-0.3, -0.25) is 0 Å². The number of pyridine rings is 1. The average Bonchev–Trinajstić information content (AvgIpc) is 2.28. The third-order valence-corrected chi connectivity index (χ3v) is 3.55. The van der Waals surface area contributed by atoms with E-state index in [1.165, 1.54) is 26.5 Å². The van der Waals surface area contributed by atoms with E-state index in [0.29, 0.717) is 0 Å². The number of rotatable bonds is 2. The van der Waals surface area contributed by atoms with Crippen LogP contribution in [0.4, 0.5) is 0 Å². The molecule has 0 aliphatic rings. The van der Waals surface area contributed by atoms with Crippen LogP contribution in [-0.4, -0.2) is 35.6 Å². The lowest BCUT2D eigenvalue weighted by Crippen LogP contribution is -2.08. The van der Waals surface area contributed by atoms with E-state index in [2.05, 4.69) is 14.1 Å². The molecule has 1 aromatic heterocycles. The highest BCUT2D eigenvalue weighted by molar-refractivity contribution is 7.92. The number of hydrogen-bond donors (Lipinski definition) is 0. The van der Waals surface area contributed by atoms with Crippen LogP contribution >= 0.6 is 0 Å². The summed E-state index contributed by atoms with van der Waals surface area (Å²) in [5.74, 6) is -0.553. The Morgan fingerprint density at radius 1 is 1.53 bits per heavy atom. The first-order chi connectivity index (χ1) is 7.01. The number of hydrogen-bond acceptors (Lipinski definition) is 5. The summed E-state index contributed by atoms with van der Waals surface area (Å²) in [6, 6.07) is 4.67. The molecular weight excluding hydrogens is 216 g/mol. The number of esters is 1. The van der Waals surface area contributed by atoms with Crippen molar-refractivity contribution >= 4 is 15.7 Å². The first-order valence-corrected chi connectivity index (χ1v) is 6.09. The van der Waals surface area contributed by atoms with Crippen LogP contribution in [0.25, 0.3) is 0 Å². The fraction of sp³-hybridized carbons (Fsp3) is 0.333. The normalized spacial score (nSPS) is 14.1. The Morgan fingerprint density at radius 3 is 2.73 bits per heavy atom. The SMILES string of the molecule is CN=S(C)(=O)c1cccc(C(=O)OC)n1. The van der Waals surface area contributed by atoms with E-state index in [1.807, 2.05) is 0 Å². The van der Waals surface area contributed by atoms with Gasteiger partial charge in [-0.05, 0) is 12.1 Å². The molecule has 0 N–H and O–H groups in total. The molecule has 0 aromatic carbocycles. The molecule has 1 unspecified atom stereocenters. The molecule has 5 nitrogen and oxygen atoms in total. The predicted octanol–water partition coefficient (Wildman–Crippen LogP) is 0.955. The molecule has 0 amide bonds. The van der Waals surface area contributed by atoms with Gasteiger partial charge in [0.2, 0.25) is 0 Å². The van der Waals surface area contributed by atoms with E-state index in [4.69, 9.17) is 0 Å². The quantitative estimate of drug-likeness (QED) is 0.707. The number of carbonyl (C=O) groups excluding carboxylic acids is 1. The molecular formula is C9H12N2O3S. The summed E-state index contributed by atoms with van der Waals surface area (Å²) in [5.41, 5.74) is 0.133. The summed E-state index contributed by atoms with van der Waals surface area (Å²) in [7, 11) is 0.215. The van der Waals surface area contributed by atoms with Crippen molar-refractivity contribution < 1.29 is 13.7 Å². The van der Waals surface area contributed by atoms with Gasteiger partial charge in [0.25, 0.3) is 0 Å². The van der Waals surface area contributed by atoms with Crippen molar-refractivity contribution in [2.75, 3.05) is 20.4 Å². The molecule has 0 radical (unpaired) electrons. The van der Waals surface area contributed by atoms with Crippen molar-refractivity contribution in [2.24, 2.45) is 4.36 Å². The first kappa shape index (κ1) is 11.6. The minimum Gasteiger partial charge on any atom is -0.464 e. The zero-order valence-corrected chi connectivity index (χ0v) is 9.58. The van der Waals surface area contributed by atoms with Crippen molar-refractivity contribution in [1.82, 2.24) is 4.98 Å². The number of methoxy groups -OCH3 is 1. The number of aromatic nitrogens is 1. The van der Waals surface area contributed by atoms with E-state index < -0.39 is 15.7 Å². The monoisotopic (exact) mass is 228 g/mol. The molecule has 82 valence electrons. The molecule has 1 atom stereocenters. The molecule has 6 heteroatoms. The summed E-state index contributed by atoms with van der Waals surface area (Å²) >= 11 is 0. The van der Waals surface area contributed by atoms with Gasteiger partial charge in [0.05, 0.1) is 16.8 Å². The van der Waals surface area contributed by atoms with Crippen LogP contribution in [0.3, 0.4) is 0 Å². The fourth-order valence-electron chi connectivity index (χ4n) is 0.938. The Hall–Kier alpha value is -1.43. The Kier molecular flexibility index (Phi) is 3.41. The van der Waals surface area contributed by atoms with Gasteiger partial charge in [0, 0.05) is 13.3 Å². The van der Waals surface area contributed by atoms with E-state index in [0.717, 1.165) is 0 Å². The zero-order chi connectivity index (χ0) is 11.5. The van der Waals surface area contributed by atoms with Crippen molar-refractivity contribution in [1.29, 1.82) is 0 Å². The summed E-state index contributed by atoms with van der Waals surface area (Å²) in [4.78, 5) is 15.1. The summed E-state index contributed by atoms with van der Waals surface area (Å²) < 4.78 is 20.1. The highest BCUT2D eigenvalue weighted by atomic mass is 32.2. The van der Waals surface area contributed by atoms with Gasteiger partial charge in [-0.25, -0.2) is 18.4 Å². The molecule has 0 saturated carbocycles. The van der Waals surface area contributed by atoms with Crippen molar-refractivity contribution in [3.05, 3.63) is 23.9 Å². The van der Waals surface area contributed by atoms with Crippen LogP contribution < -0.4 is 0 Å². The number of nitrogens with zero attached hydrogens (tertiary/aromatic N) is 2. The molecule has 1 rings (SSSR count). The predicted molar refractivity (Wildman–Crippen MR) is 56.3 cm³/mol. The van der Waals surface area contributed by atoms with Crippen molar-refractivity contribution in [3.8, 4) is 0 Å². The molecule has 1 heterocycles. The average molecular weight is 228 g/mol. The highest BCUT2D eigenvalue weighted by Gasteiger charge is 2.11. The molecule has 0 saturated heterocycles. The first-order valence-electron chi connectivity index (χ1n) is 4.17. The maximum atomic E-state index is 11.8. The summed E-state index contributed by atoms with van der Waals surface area (Å²) in [6.45, 7) is 0. The molecule has 1 aromatic rings. The van der Waals surface area contributed by atoms with Crippen LogP contribution in [0.2, 0.25) is 0 Å². The highest BCUT2D eigenvalue weighted by Crippen LogP contribution is 2.09. The third kappa shape index (κ3) is 2.53. The Labute approximate surface area is 88.7 Å². The third-order valence-electron chi connectivity index (χ3n) is 1.85. The molecule has 0 spiro atoms. The van der Waals surface area contributed by atoms with E-state index >= 15 is 0 Å². The second-order valence-corrected chi connectivity index (χ2v) is 5.23. The van der Waals surface area contributed by atoms with Crippen molar-refractivity contribution in [2.45, 2.75) is 5.03 Å². The van der Waals surface area contributed by atoms with Gasteiger partial charge in [-0.15, -0.1) is 0 Å². The van der Waals surface area contributed by atoms with Crippen LogP contribution in [-0.2, 0) is 14.5 Å². The molecule has 0 aliphatic heterocycles. The summed E-state index contributed by atoms with van der Waals surface area (Å²) in [5, 5.41) is 0.285. The topological polar surface area (TPSA) is 68.6 Å². The van der Waals surface area contributed by atoms with Gasteiger partial charge in [-0.1, -0.05) is 6.07 Å². The molecule has 0 aliphatic carbocycles.